The van der Waals surface area contributed by atoms with E-state index in [1.807, 2.05) is 43.3 Å². The molecule has 0 radical (unpaired) electrons. The Hall–Kier alpha value is -4.02. The Bertz CT molecular complexity index is 1520. The summed E-state index contributed by atoms with van der Waals surface area (Å²) in [7, 11) is -3.68. The van der Waals surface area contributed by atoms with Gasteiger partial charge in [0.1, 0.15) is 12.4 Å². The van der Waals surface area contributed by atoms with Crippen LogP contribution in [0.25, 0.3) is 0 Å². The largest absolute Gasteiger partial charge is 0.491 e. The number of benzene rings is 4. The summed E-state index contributed by atoms with van der Waals surface area (Å²) in [6.45, 7) is 5.50. The van der Waals surface area contributed by atoms with Crippen molar-refractivity contribution >= 4 is 21.6 Å². The van der Waals surface area contributed by atoms with Crippen LogP contribution in [0, 0.1) is 0 Å². The number of amides is 1. The van der Waals surface area contributed by atoms with E-state index in [0.29, 0.717) is 63.0 Å². The highest BCUT2D eigenvalue weighted by molar-refractivity contribution is 7.89. The molecule has 224 valence electrons. The Labute approximate surface area is 253 Å². The van der Waals surface area contributed by atoms with Crippen LogP contribution in [0.4, 0.5) is 5.69 Å². The van der Waals surface area contributed by atoms with E-state index in [1.165, 1.54) is 11.1 Å². The van der Waals surface area contributed by atoms with Crippen LogP contribution in [0.3, 0.4) is 0 Å². The summed E-state index contributed by atoms with van der Waals surface area (Å²) >= 11 is 0. The van der Waals surface area contributed by atoms with Gasteiger partial charge in [0, 0.05) is 44.0 Å². The third-order valence-electron chi connectivity index (χ3n) is 7.44. The minimum absolute atomic E-state index is 0.0549. The highest BCUT2D eigenvalue weighted by Crippen LogP contribution is 2.30. The summed E-state index contributed by atoms with van der Waals surface area (Å²) in [6, 6.07) is 33.9. The molecule has 5 rings (SSSR count). The van der Waals surface area contributed by atoms with E-state index in [2.05, 4.69) is 34.5 Å². The lowest BCUT2D eigenvalue weighted by Crippen LogP contribution is -2.49. The van der Waals surface area contributed by atoms with Crippen LogP contribution < -0.4 is 10.1 Å². The lowest BCUT2D eigenvalue weighted by molar-refractivity contribution is 0.102. The Morgan fingerprint density at radius 1 is 0.767 bits per heavy atom. The van der Waals surface area contributed by atoms with Crippen molar-refractivity contribution in [2.75, 3.05) is 51.3 Å². The molecule has 0 aromatic heterocycles. The van der Waals surface area contributed by atoms with Crippen molar-refractivity contribution in [3.63, 3.8) is 0 Å². The highest BCUT2D eigenvalue weighted by atomic mass is 32.2. The standard InChI is InChI=1S/C34H37N3O5S/c1-2-41-25-26-42-31-17-13-29(14-18-31)34(38)35-30-15-19-32(20-16-30)43(39,40)37-23-21-36(22-24-37)33(27-9-5-3-6-10-27)28-11-7-4-8-12-28/h3-20,33H,2,21-26H2,1H3,(H,35,38). The smallest absolute Gasteiger partial charge is 0.255 e. The number of hydrogen-bond acceptors (Lipinski definition) is 6. The molecule has 9 heteroatoms. The zero-order chi connectivity index (χ0) is 30.1. The maximum Gasteiger partial charge on any atom is 0.255 e. The number of carbonyl (C=O) groups is 1. The third-order valence-corrected chi connectivity index (χ3v) is 9.35. The summed E-state index contributed by atoms with van der Waals surface area (Å²) in [5.41, 5.74) is 3.35. The molecule has 0 bridgehead atoms. The van der Waals surface area contributed by atoms with Gasteiger partial charge in [0.15, 0.2) is 0 Å². The topological polar surface area (TPSA) is 88.2 Å². The molecule has 1 saturated heterocycles. The van der Waals surface area contributed by atoms with Crippen LogP contribution in [0.5, 0.6) is 5.75 Å². The van der Waals surface area contributed by atoms with E-state index in [-0.39, 0.29) is 16.8 Å². The minimum Gasteiger partial charge on any atom is -0.491 e. The number of hydrogen-bond donors (Lipinski definition) is 1. The van der Waals surface area contributed by atoms with Crippen LogP contribution in [0.1, 0.15) is 34.5 Å². The summed E-state index contributed by atoms with van der Waals surface area (Å²) < 4.78 is 39.4. The Kier molecular flexibility index (Phi) is 10.2. The number of sulfonamides is 1. The van der Waals surface area contributed by atoms with Gasteiger partial charge in [-0.2, -0.15) is 4.31 Å². The second-order valence-electron chi connectivity index (χ2n) is 10.2. The van der Waals surface area contributed by atoms with Crippen molar-refractivity contribution < 1.29 is 22.7 Å². The molecule has 0 aliphatic carbocycles. The van der Waals surface area contributed by atoms with Gasteiger partial charge in [0.2, 0.25) is 10.0 Å². The fourth-order valence-corrected chi connectivity index (χ4v) is 6.64. The zero-order valence-electron chi connectivity index (χ0n) is 24.3. The van der Waals surface area contributed by atoms with Gasteiger partial charge >= 0.3 is 0 Å². The molecule has 4 aromatic carbocycles. The monoisotopic (exact) mass is 599 g/mol. The van der Waals surface area contributed by atoms with E-state index in [1.54, 1.807) is 52.8 Å². The first-order chi connectivity index (χ1) is 21.0. The Morgan fingerprint density at radius 2 is 1.35 bits per heavy atom. The number of nitrogens with one attached hydrogen (secondary N) is 1. The first-order valence-electron chi connectivity index (χ1n) is 14.5. The number of nitrogens with zero attached hydrogens (tertiary/aromatic N) is 2. The van der Waals surface area contributed by atoms with E-state index in [0.717, 1.165) is 0 Å². The number of rotatable bonds is 12. The van der Waals surface area contributed by atoms with Gasteiger partial charge in [-0.05, 0) is 66.6 Å². The minimum atomic E-state index is -3.68. The molecule has 1 fully saturated rings. The fraction of sp³-hybridized carbons (Fsp3) is 0.265. The lowest BCUT2D eigenvalue weighted by atomic mass is 9.96. The predicted molar refractivity (Wildman–Crippen MR) is 168 cm³/mol. The SMILES string of the molecule is CCOCCOc1ccc(C(=O)Nc2ccc(S(=O)(=O)N3CCN(C(c4ccccc4)c4ccccc4)CC3)cc2)cc1. The number of ether oxygens (including phenoxy) is 2. The molecule has 43 heavy (non-hydrogen) atoms. The Morgan fingerprint density at radius 3 is 1.91 bits per heavy atom. The van der Waals surface area contributed by atoms with Crippen LogP contribution in [-0.2, 0) is 14.8 Å². The normalized spacial score (nSPS) is 14.5. The van der Waals surface area contributed by atoms with Crippen molar-refractivity contribution in [1.82, 2.24) is 9.21 Å². The Balaban J connectivity index is 1.19. The van der Waals surface area contributed by atoms with Gasteiger partial charge in [-0.25, -0.2) is 8.42 Å². The first-order valence-corrected chi connectivity index (χ1v) is 16.0. The van der Waals surface area contributed by atoms with Crippen molar-refractivity contribution in [2.24, 2.45) is 0 Å². The van der Waals surface area contributed by atoms with Crippen molar-refractivity contribution in [2.45, 2.75) is 17.9 Å². The molecule has 0 unspecified atom stereocenters. The fourth-order valence-electron chi connectivity index (χ4n) is 5.21. The van der Waals surface area contributed by atoms with Crippen LogP contribution in [0.2, 0.25) is 0 Å². The summed E-state index contributed by atoms with van der Waals surface area (Å²) in [6.07, 6.45) is 0. The number of anilines is 1. The molecular formula is C34H37N3O5S. The van der Waals surface area contributed by atoms with Crippen molar-refractivity contribution in [3.8, 4) is 5.75 Å². The maximum absolute atomic E-state index is 13.5. The van der Waals surface area contributed by atoms with Crippen LogP contribution in [-0.4, -0.2) is 69.5 Å². The highest BCUT2D eigenvalue weighted by Gasteiger charge is 2.32. The van der Waals surface area contributed by atoms with Gasteiger partial charge in [0.05, 0.1) is 17.5 Å². The predicted octanol–water partition coefficient (Wildman–Crippen LogP) is 5.45. The average molecular weight is 600 g/mol. The van der Waals surface area contributed by atoms with Gasteiger partial charge in [-0.1, -0.05) is 60.7 Å². The van der Waals surface area contributed by atoms with Crippen molar-refractivity contribution in [1.29, 1.82) is 0 Å². The van der Waals surface area contributed by atoms with Crippen LogP contribution in [0.15, 0.2) is 114 Å². The third kappa shape index (κ3) is 7.69. The molecule has 1 amide bonds. The van der Waals surface area contributed by atoms with Crippen LogP contribution >= 0.6 is 0 Å². The quantitative estimate of drug-likeness (QED) is 0.218. The average Bonchev–Trinajstić information content (AvgIpc) is 3.05. The van der Waals surface area contributed by atoms with E-state index >= 15 is 0 Å². The molecule has 0 saturated carbocycles. The van der Waals surface area contributed by atoms with Gasteiger partial charge in [0.25, 0.3) is 5.91 Å². The van der Waals surface area contributed by atoms with E-state index in [9.17, 15) is 13.2 Å². The van der Waals surface area contributed by atoms with Gasteiger partial charge in [-0.15, -0.1) is 0 Å². The second kappa shape index (κ2) is 14.4. The zero-order valence-corrected chi connectivity index (χ0v) is 25.1. The molecule has 0 spiro atoms. The molecule has 1 aliphatic heterocycles. The molecule has 1 aliphatic rings. The van der Waals surface area contributed by atoms with Crippen molar-refractivity contribution in [3.05, 3.63) is 126 Å². The summed E-state index contributed by atoms with van der Waals surface area (Å²) in [5.74, 6) is 0.362. The lowest BCUT2D eigenvalue weighted by Gasteiger charge is -2.39. The van der Waals surface area contributed by atoms with E-state index in [4.69, 9.17) is 9.47 Å². The summed E-state index contributed by atoms with van der Waals surface area (Å²) in [4.78, 5) is 15.3. The number of piperazine rings is 1. The molecule has 1 N–H and O–H groups in total. The van der Waals surface area contributed by atoms with E-state index < -0.39 is 10.0 Å². The van der Waals surface area contributed by atoms with Gasteiger partial charge in [-0.3, -0.25) is 9.69 Å². The molecule has 4 aromatic rings. The molecular weight excluding hydrogens is 562 g/mol. The second-order valence-corrected chi connectivity index (χ2v) is 12.2. The first kappa shape index (κ1) is 30.4. The molecule has 0 atom stereocenters. The molecule has 8 nitrogen and oxygen atoms in total. The maximum atomic E-state index is 13.5. The molecule has 1 heterocycles. The van der Waals surface area contributed by atoms with Gasteiger partial charge < -0.3 is 14.8 Å². The number of carbonyl (C=O) groups excluding carboxylic acids is 1. The summed E-state index contributed by atoms with van der Waals surface area (Å²) in [5, 5.41) is 2.83.